The van der Waals surface area contributed by atoms with E-state index in [0.29, 0.717) is 11.3 Å². The number of halogens is 1. The van der Waals surface area contributed by atoms with Gasteiger partial charge in [-0.3, -0.25) is 9.59 Å². The van der Waals surface area contributed by atoms with Gasteiger partial charge in [0.2, 0.25) is 0 Å². The van der Waals surface area contributed by atoms with Crippen LogP contribution >= 0.6 is 23.4 Å². The van der Waals surface area contributed by atoms with Crippen LogP contribution in [-0.4, -0.2) is 34.2 Å². The Labute approximate surface area is 151 Å². The predicted molar refractivity (Wildman–Crippen MR) is 99.3 cm³/mol. The van der Waals surface area contributed by atoms with Gasteiger partial charge in [0.05, 0.1) is 11.2 Å². The van der Waals surface area contributed by atoms with Gasteiger partial charge >= 0.3 is 7.12 Å². The van der Waals surface area contributed by atoms with Gasteiger partial charge in [-0.1, -0.05) is 29.4 Å². The van der Waals surface area contributed by atoms with Crippen molar-refractivity contribution in [3.8, 4) is 0 Å². The number of carbonyl (C=O) groups excluding carboxylic acids is 1. The van der Waals surface area contributed by atoms with Gasteiger partial charge < -0.3 is 14.3 Å². The van der Waals surface area contributed by atoms with Gasteiger partial charge in [-0.05, 0) is 44.8 Å². The first kappa shape index (κ1) is 19.3. The fraction of sp³-hybridized carbons (Fsp3) is 0.500. The van der Waals surface area contributed by atoms with Crippen molar-refractivity contribution in [1.82, 2.24) is 4.98 Å². The SMILES string of the molecule is CC(=O)SCC(=Cc1c[nH]c(=O)c(Cl)c1)B1OC(C)(C)C(C)(C)O1. The van der Waals surface area contributed by atoms with Gasteiger partial charge in [-0.25, -0.2) is 0 Å². The molecule has 0 amide bonds. The first-order chi connectivity index (χ1) is 11.0. The second-order valence-corrected chi connectivity index (χ2v) is 8.26. The van der Waals surface area contributed by atoms with Crippen LogP contribution in [0.4, 0.5) is 0 Å². The molecule has 0 spiro atoms. The molecule has 2 rings (SSSR count). The molecule has 8 heteroatoms. The van der Waals surface area contributed by atoms with Crippen molar-refractivity contribution in [2.45, 2.75) is 45.8 Å². The van der Waals surface area contributed by atoms with Crippen LogP contribution in [0.25, 0.3) is 6.08 Å². The number of hydrogen-bond donors (Lipinski definition) is 1. The molecular formula is C16H21BClNO4S. The van der Waals surface area contributed by atoms with E-state index in [1.807, 2.05) is 33.8 Å². The maximum atomic E-state index is 11.4. The molecule has 0 aromatic carbocycles. The van der Waals surface area contributed by atoms with Crippen molar-refractivity contribution in [3.05, 3.63) is 38.7 Å². The minimum Gasteiger partial charge on any atom is -0.400 e. The topological polar surface area (TPSA) is 68.4 Å². The van der Waals surface area contributed by atoms with Gasteiger partial charge in [0.1, 0.15) is 5.02 Å². The van der Waals surface area contributed by atoms with E-state index in [9.17, 15) is 9.59 Å². The third-order valence-corrected chi connectivity index (χ3v) is 5.40. The molecule has 1 aliphatic rings. The summed E-state index contributed by atoms with van der Waals surface area (Å²) in [5, 5.41) is 0.119. The predicted octanol–water partition coefficient (Wildman–Crippen LogP) is 3.32. The highest BCUT2D eigenvalue weighted by Crippen LogP contribution is 2.39. The zero-order valence-corrected chi connectivity index (χ0v) is 16.0. The summed E-state index contributed by atoms with van der Waals surface area (Å²) in [5.74, 6) is 0.433. The van der Waals surface area contributed by atoms with Crippen LogP contribution in [0.3, 0.4) is 0 Å². The van der Waals surface area contributed by atoms with Gasteiger partial charge in [0, 0.05) is 18.9 Å². The Kier molecular flexibility index (Phi) is 5.70. The maximum absolute atomic E-state index is 11.4. The molecule has 1 saturated heterocycles. The Morgan fingerprint density at radius 3 is 2.42 bits per heavy atom. The average molecular weight is 370 g/mol. The molecule has 1 N–H and O–H groups in total. The zero-order chi connectivity index (χ0) is 18.1. The summed E-state index contributed by atoms with van der Waals surface area (Å²) in [4.78, 5) is 25.3. The number of hydrogen-bond acceptors (Lipinski definition) is 5. The van der Waals surface area contributed by atoms with Crippen LogP contribution in [-0.2, 0) is 14.1 Å². The summed E-state index contributed by atoms with van der Waals surface area (Å²) < 4.78 is 12.1. The molecule has 1 fully saturated rings. The molecule has 0 radical (unpaired) electrons. The number of nitrogens with one attached hydrogen (secondary N) is 1. The van der Waals surface area contributed by atoms with E-state index in [0.717, 1.165) is 5.47 Å². The Morgan fingerprint density at radius 1 is 1.33 bits per heavy atom. The van der Waals surface area contributed by atoms with Crippen molar-refractivity contribution in [3.63, 3.8) is 0 Å². The van der Waals surface area contributed by atoms with Crippen LogP contribution in [0.15, 0.2) is 22.5 Å². The lowest BCUT2D eigenvalue weighted by Gasteiger charge is -2.32. The highest BCUT2D eigenvalue weighted by Gasteiger charge is 2.52. The number of rotatable bonds is 4. The molecule has 0 bridgehead atoms. The molecule has 0 saturated carbocycles. The highest BCUT2D eigenvalue weighted by molar-refractivity contribution is 8.13. The van der Waals surface area contributed by atoms with E-state index < -0.39 is 18.3 Å². The van der Waals surface area contributed by atoms with Crippen molar-refractivity contribution < 1.29 is 14.1 Å². The first-order valence-corrected chi connectivity index (χ1v) is 8.96. The Balaban J connectivity index is 2.34. The molecule has 0 atom stereocenters. The summed E-state index contributed by atoms with van der Waals surface area (Å²) in [7, 11) is -0.562. The smallest absolute Gasteiger partial charge is 0.400 e. The highest BCUT2D eigenvalue weighted by atomic mass is 35.5. The van der Waals surface area contributed by atoms with Crippen molar-refractivity contribution in [1.29, 1.82) is 0 Å². The second-order valence-electron chi connectivity index (χ2n) is 6.70. The standard InChI is InChI=1S/C16H21BClNO4S/c1-10(20)24-9-12(6-11-7-13(18)14(21)19-8-11)17-22-15(2,3)16(4,5)23-17/h6-8H,9H2,1-5H3,(H,19,21). The number of aromatic nitrogens is 1. The largest absolute Gasteiger partial charge is 0.491 e. The van der Waals surface area contributed by atoms with Crippen molar-refractivity contribution in [2.75, 3.05) is 5.75 Å². The Bertz CT molecular complexity index is 713. The molecule has 24 heavy (non-hydrogen) atoms. The minimum atomic E-state index is -0.562. The molecule has 1 aromatic rings. The van der Waals surface area contributed by atoms with Crippen molar-refractivity contribution in [2.24, 2.45) is 0 Å². The normalized spacial score (nSPS) is 19.6. The quantitative estimate of drug-likeness (QED) is 0.825. The summed E-state index contributed by atoms with van der Waals surface area (Å²) in [5.41, 5.74) is 0.232. The van der Waals surface area contributed by atoms with Crippen LogP contribution < -0.4 is 5.56 Å². The molecule has 0 aliphatic carbocycles. The lowest BCUT2D eigenvalue weighted by molar-refractivity contribution is -0.109. The van der Waals surface area contributed by atoms with E-state index in [4.69, 9.17) is 20.9 Å². The van der Waals surface area contributed by atoms with Crippen LogP contribution in [0.2, 0.25) is 5.02 Å². The lowest BCUT2D eigenvalue weighted by atomic mass is 9.78. The molecular weight excluding hydrogens is 349 g/mol. The number of thioether (sulfide) groups is 1. The van der Waals surface area contributed by atoms with E-state index in [-0.39, 0.29) is 15.7 Å². The number of aromatic amines is 1. The van der Waals surface area contributed by atoms with E-state index >= 15 is 0 Å². The fourth-order valence-corrected chi connectivity index (χ4v) is 2.90. The Hall–Kier alpha value is -1.02. The molecule has 2 heterocycles. The molecule has 5 nitrogen and oxygen atoms in total. The molecule has 1 aliphatic heterocycles. The van der Waals surface area contributed by atoms with Gasteiger partial charge in [-0.15, -0.1) is 0 Å². The first-order valence-electron chi connectivity index (χ1n) is 7.59. The molecule has 0 unspecified atom stereocenters. The number of H-pyrrole nitrogens is 1. The summed E-state index contributed by atoms with van der Waals surface area (Å²) >= 11 is 7.06. The Morgan fingerprint density at radius 2 is 1.92 bits per heavy atom. The van der Waals surface area contributed by atoms with E-state index in [1.165, 1.54) is 18.7 Å². The third-order valence-electron chi connectivity index (χ3n) is 4.23. The summed E-state index contributed by atoms with van der Waals surface area (Å²) in [6.45, 7) is 9.40. The summed E-state index contributed by atoms with van der Waals surface area (Å²) in [6, 6.07) is 1.57. The van der Waals surface area contributed by atoms with Gasteiger partial charge in [-0.2, -0.15) is 0 Å². The molecule has 1 aromatic heterocycles. The lowest BCUT2D eigenvalue weighted by Crippen LogP contribution is -2.41. The monoisotopic (exact) mass is 369 g/mol. The van der Waals surface area contributed by atoms with Crippen LogP contribution in [0, 0.1) is 0 Å². The zero-order valence-electron chi connectivity index (χ0n) is 14.4. The average Bonchev–Trinajstić information content (AvgIpc) is 2.67. The van der Waals surface area contributed by atoms with E-state index in [2.05, 4.69) is 4.98 Å². The minimum absolute atomic E-state index is 0.0110. The number of carbonyl (C=O) groups is 1. The van der Waals surface area contributed by atoms with E-state index in [1.54, 1.807) is 12.3 Å². The second kappa shape index (κ2) is 7.08. The summed E-state index contributed by atoms with van der Waals surface area (Å²) in [6.07, 6.45) is 3.40. The molecule has 130 valence electrons. The van der Waals surface area contributed by atoms with Gasteiger partial charge in [0.25, 0.3) is 5.56 Å². The van der Waals surface area contributed by atoms with Crippen molar-refractivity contribution >= 4 is 41.7 Å². The van der Waals surface area contributed by atoms with Gasteiger partial charge in [0.15, 0.2) is 5.12 Å². The maximum Gasteiger partial charge on any atom is 0.491 e. The third kappa shape index (κ3) is 4.33. The van der Waals surface area contributed by atoms with Crippen LogP contribution in [0.5, 0.6) is 0 Å². The number of pyridine rings is 1. The fourth-order valence-electron chi connectivity index (χ4n) is 2.13. The van der Waals surface area contributed by atoms with Crippen LogP contribution in [0.1, 0.15) is 40.2 Å².